The van der Waals surface area contributed by atoms with Crippen molar-refractivity contribution in [3.8, 4) is 0 Å². The highest BCUT2D eigenvalue weighted by atomic mass is 79.9. The van der Waals surface area contributed by atoms with Gasteiger partial charge in [0, 0.05) is 23.8 Å². The van der Waals surface area contributed by atoms with E-state index in [0.717, 1.165) is 16.6 Å². The first kappa shape index (κ1) is 15.6. The number of carbonyl (C=O) groups is 1. The fourth-order valence-corrected chi connectivity index (χ4v) is 2.64. The van der Waals surface area contributed by atoms with Crippen LogP contribution in [0.3, 0.4) is 0 Å². The Bertz CT molecular complexity index is 655. The highest BCUT2D eigenvalue weighted by Crippen LogP contribution is 2.23. The number of methoxy groups -OCH3 is 1. The lowest BCUT2D eigenvalue weighted by Crippen LogP contribution is -2.17. The summed E-state index contributed by atoms with van der Waals surface area (Å²) >= 11 is 3.53. The molecule has 0 aromatic heterocycles. The van der Waals surface area contributed by atoms with Crippen LogP contribution >= 0.6 is 15.9 Å². The zero-order chi connectivity index (χ0) is 15.4. The van der Waals surface area contributed by atoms with E-state index in [2.05, 4.69) is 59.1 Å². The molecule has 0 unspecified atom stereocenters. The molecule has 0 aliphatic carbocycles. The summed E-state index contributed by atoms with van der Waals surface area (Å²) in [5.41, 5.74) is 4.07. The maximum atomic E-state index is 11.5. The Morgan fingerprint density at radius 3 is 2.62 bits per heavy atom. The van der Waals surface area contributed by atoms with E-state index in [1.807, 2.05) is 6.07 Å². The van der Waals surface area contributed by atoms with E-state index < -0.39 is 0 Å². The molecular weight excluding hydrogens is 330 g/mol. The normalized spacial score (nSPS) is 10.3. The molecule has 21 heavy (non-hydrogen) atoms. The molecule has 0 fully saturated rings. The van der Waals surface area contributed by atoms with Crippen molar-refractivity contribution in [1.82, 2.24) is 0 Å². The zero-order valence-corrected chi connectivity index (χ0v) is 14.0. The summed E-state index contributed by atoms with van der Waals surface area (Å²) in [6.45, 7) is 2.84. The second-order valence-corrected chi connectivity index (χ2v) is 5.85. The van der Waals surface area contributed by atoms with Crippen LogP contribution in [-0.2, 0) is 11.3 Å². The molecule has 0 saturated heterocycles. The van der Waals surface area contributed by atoms with E-state index in [-0.39, 0.29) is 5.97 Å². The maximum absolute atomic E-state index is 11.5. The van der Waals surface area contributed by atoms with Gasteiger partial charge < -0.3 is 9.64 Å². The Morgan fingerprint density at radius 1 is 1.24 bits per heavy atom. The molecule has 3 nitrogen and oxygen atoms in total. The third-order valence-corrected chi connectivity index (χ3v) is 4.06. The summed E-state index contributed by atoms with van der Waals surface area (Å²) in [6.07, 6.45) is 0. The standard InChI is InChI=1S/C17H18BrNO2/c1-12-5-4-6-15(9-12)19(2)11-14-8-7-13(10-16(14)18)17(20)21-3/h4-10H,11H2,1-3H3. The van der Waals surface area contributed by atoms with Gasteiger partial charge in [-0.2, -0.15) is 0 Å². The number of halogens is 1. The largest absolute Gasteiger partial charge is 0.465 e. The molecule has 0 atom stereocenters. The fraction of sp³-hybridized carbons (Fsp3) is 0.235. The van der Waals surface area contributed by atoms with Gasteiger partial charge in [0.05, 0.1) is 12.7 Å². The average Bonchev–Trinajstić information content (AvgIpc) is 2.48. The molecule has 2 rings (SSSR count). The van der Waals surface area contributed by atoms with Crippen molar-refractivity contribution in [2.45, 2.75) is 13.5 Å². The smallest absolute Gasteiger partial charge is 0.337 e. The molecular formula is C17H18BrNO2. The lowest BCUT2D eigenvalue weighted by atomic mass is 10.1. The first-order chi connectivity index (χ1) is 10.0. The van der Waals surface area contributed by atoms with Crippen molar-refractivity contribution in [1.29, 1.82) is 0 Å². The number of carbonyl (C=O) groups excluding carboxylic acids is 1. The van der Waals surface area contributed by atoms with Gasteiger partial charge in [0.15, 0.2) is 0 Å². The van der Waals surface area contributed by atoms with E-state index in [1.54, 1.807) is 12.1 Å². The Hall–Kier alpha value is -1.81. The van der Waals surface area contributed by atoms with E-state index in [1.165, 1.54) is 18.4 Å². The van der Waals surface area contributed by atoms with Crippen LogP contribution < -0.4 is 4.90 Å². The van der Waals surface area contributed by atoms with Gasteiger partial charge in [0.25, 0.3) is 0 Å². The average molecular weight is 348 g/mol. The summed E-state index contributed by atoms with van der Waals surface area (Å²) < 4.78 is 5.63. The molecule has 4 heteroatoms. The van der Waals surface area contributed by atoms with Gasteiger partial charge in [0.2, 0.25) is 0 Å². The Labute approximate surface area is 133 Å². The van der Waals surface area contributed by atoms with Crippen molar-refractivity contribution in [3.05, 3.63) is 63.6 Å². The molecule has 0 spiro atoms. The molecule has 0 aliphatic heterocycles. The summed E-state index contributed by atoms with van der Waals surface area (Å²) in [5, 5.41) is 0. The number of benzene rings is 2. The molecule has 0 radical (unpaired) electrons. The molecule has 0 bridgehead atoms. The van der Waals surface area contributed by atoms with Crippen LogP contribution in [0.15, 0.2) is 46.9 Å². The number of ether oxygens (including phenoxy) is 1. The molecule has 0 N–H and O–H groups in total. The van der Waals surface area contributed by atoms with Gasteiger partial charge in [-0.25, -0.2) is 4.79 Å². The summed E-state index contributed by atoms with van der Waals surface area (Å²) in [7, 11) is 3.44. The molecule has 0 amide bonds. The van der Waals surface area contributed by atoms with Gasteiger partial charge in [-0.05, 0) is 42.3 Å². The Kier molecular flexibility index (Phi) is 5.02. The quantitative estimate of drug-likeness (QED) is 0.777. The summed E-state index contributed by atoms with van der Waals surface area (Å²) in [6, 6.07) is 13.9. The van der Waals surface area contributed by atoms with Gasteiger partial charge in [-0.3, -0.25) is 0 Å². The topological polar surface area (TPSA) is 29.5 Å². The molecule has 2 aromatic carbocycles. The predicted octanol–water partition coefficient (Wildman–Crippen LogP) is 4.18. The van der Waals surface area contributed by atoms with Crippen molar-refractivity contribution in [2.24, 2.45) is 0 Å². The summed E-state index contributed by atoms with van der Waals surface area (Å²) in [4.78, 5) is 13.7. The van der Waals surface area contributed by atoms with Crippen LogP contribution in [0.4, 0.5) is 5.69 Å². The minimum Gasteiger partial charge on any atom is -0.465 e. The van der Waals surface area contributed by atoms with Crippen molar-refractivity contribution in [2.75, 3.05) is 19.1 Å². The second-order valence-electron chi connectivity index (χ2n) is 4.99. The predicted molar refractivity (Wildman–Crippen MR) is 88.8 cm³/mol. The minimum atomic E-state index is -0.325. The highest BCUT2D eigenvalue weighted by Gasteiger charge is 2.10. The van der Waals surface area contributed by atoms with Gasteiger partial charge in [-0.1, -0.05) is 34.1 Å². The number of nitrogens with zero attached hydrogens (tertiary/aromatic N) is 1. The van der Waals surface area contributed by atoms with Crippen LogP contribution in [-0.4, -0.2) is 20.1 Å². The van der Waals surface area contributed by atoms with E-state index >= 15 is 0 Å². The van der Waals surface area contributed by atoms with Crippen molar-refractivity contribution in [3.63, 3.8) is 0 Å². The number of aryl methyl sites for hydroxylation is 1. The number of hydrogen-bond donors (Lipinski definition) is 0. The lowest BCUT2D eigenvalue weighted by Gasteiger charge is -2.20. The Morgan fingerprint density at radius 2 is 2.00 bits per heavy atom. The maximum Gasteiger partial charge on any atom is 0.337 e. The molecule has 2 aromatic rings. The van der Waals surface area contributed by atoms with Crippen LogP contribution in [0.2, 0.25) is 0 Å². The molecule has 0 saturated carbocycles. The lowest BCUT2D eigenvalue weighted by molar-refractivity contribution is 0.0600. The second kappa shape index (κ2) is 6.76. The molecule has 0 aliphatic rings. The first-order valence-electron chi connectivity index (χ1n) is 6.66. The molecule has 0 heterocycles. The SMILES string of the molecule is COC(=O)c1ccc(CN(C)c2cccc(C)c2)c(Br)c1. The molecule has 110 valence electrons. The summed E-state index contributed by atoms with van der Waals surface area (Å²) in [5.74, 6) is -0.325. The Balaban J connectivity index is 2.18. The van der Waals surface area contributed by atoms with Gasteiger partial charge >= 0.3 is 5.97 Å². The highest BCUT2D eigenvalue weighted by molar-refractivity contribution is 9.10. The van der Waals surface area contributed by atoms with Crippen LogP contribution in [0.25, 0.3) is 0 Å². The zero-order valence-electron chi connectivity index (χ0n) is 12.4. The number of esters is 1. The van der Waals surface area contributed by atoms with Crippen LogP contribution in [0.1, 0.15) is 21.5 Å². The van der Waals surface area contributed by atoms with Gasteiger partial charge in [-0.15, -0.1) is 0 Å². The third kappa shape index (κ3) is 3.85. The number of hydrogen-bond acceptors (Lipinski definition) is 3. The number of anilines is 1. The number of rotatable bonds is 4. The van der Waals surface area contributed by atoms with Crippen LogP contribution in [0, 0.1) is 6.92 Å². The van der Waals surface area contributed by atoms with Crippen LogP contribution in [0.5, 0.6) is 0 Å². The fourth-order valence-electron chi connectivity index (χ4n) is 2.13. The monoisotopic (exact) mass is 347 g/mol. The van der Waals surface area contributed by atoms with Crippen molar-refractivity contribution >= 4 is 27.6 Å². The van der Waals surface area contributed by atoms with Crippen molar-refractivity contribution < 1.29 is 9.53 Å². The van der Waals surface area contributed by atoms with E-state index in [4.69, 9.17) is 4.74 Å². The third-order valence-electron chi connectivity index (χ3n) is 3.32. The van der Waals surface area contributed by atoms with Gasteiger partial charge in [0.1, 0.15) is 0 Å². The first-order valence-corrected chi connectivity index (χ1v) is 7.45. The van der Waals surface area contributed by atoms with E-state index in [9.17, 15) is 4.79 Å². The van der Waals surface area contributed by atoms with E-state index in [0.29, 0.717) is 5.56 Å². The minimum absolute atomic E-state index is 0.325.